The Morgan fingerprint density at radius 1 is 1.25 bits per heavy atom. The molecule has 0 saturated carbocycles. The van der Waals surface area contributed by atoms with Crippen molar-refractivity contribution in [3.05, 3.63) is 35.4 Å². The first-order valence-corrected chi connectivity index (χ1v) is 3.63. The van der Waals surface area contributed by atoms with Crippen molar-refractivity contribution < 1.29 is 0 Å². The van der Waals surface area contributed by atoms with E-state index >= 15 is 0 Å². The maximum atomic E-state index is 8.60. The summed E-state index contributed by atoms with van der Waals surface area (Å²) in [7, 11) is 0. The van der Waals surface area contributed by atoms with E-state index in [1.54, 1.807) is 6.07 Å². The van der Waals surface area contributed by atoms with Crippen LogP contribution in [-0.2, 0) is 0 Å². The van der Waals surface area contributed by atoms with Crippen LogP contribution in [0.15, 0.2) is 24.3 Å². The lowest BCUT2D eigenvalue weighted by atomic mass is 10.0. The van der Waals surface area contributed by atoms with Gasteiger partial charge in [-0.15, -0.1) is 0 Å². The maximum Gasteiger partial charge on any atom is 0.158 e. The second-order valence-corrected chi connectivity index (χ2v) is 2.61. The Kier molecular flexibility index (Phi) is 2.46. The Hall–Kier alpha value is -1.80. The predicted molar refractivity (Wildman–Crippen MR) is 45.1 cm³/mol. The third kappa shape index (κ3) is 1.62. The van der Waals surface area contributed by atoms with Gasteiger partial charge in [-0.25, -0.2) is 0 Å². The summed E-state index contributed by atoms with van der Waals surface area (Å²) in [6.45, 7) is 1.94. The third-order valence-electron chi connectivity index (χ3n) is 1.63. The number of benzene rings is 1. The summed E-state index contributed by atoms with van der Waals surface area (Å²) in [4.78, 5) is 0. The fraction of sp³-hybridized carbons (Fsp3) is 0.200. The van der Waals surface area contributed by atoms with Gasteiger partial charge >= 0.3 is 0 Å². The van der Waals surface area contributed by atoms with E-state index in [2.05, 4.69) is 0 Å². The average Bonchev–Trinajstić information content (AvgIpc) is 2.07. The number of rotatable bonds is 1. The molecule has 58 valence electrons. The van der Waals surface area contributed by atoms with Gasteiger partial charge in [0, 0.05) is 0 Å². The monoisotopic (exact) mass is 156 g/mol. The van der Waals surface area contributed by atoms with Crippen molar-refractivity contribution in [3.8, 4) is 12.1 Å². The van der Waals surface area contributed by atoms with Gasteiger partial charge in [0.15, 0.2) is 5.92 Å². The van der Waals surface area contributed by atoms with Crippen molar-refractivity contribution in [1.29, 1.82) is 10.5 Å². The fourth-order valence-electron chi connectivity index (χ4n) is 1.03. The molecule has 0 aliphatic heterocycles. The molecule has 0 unspecified atom stereocenters. The van der Waals surface area contributed by atoms with Crippen molar-refractivity contribution in [3.63, 3.8) is 0 Å². The molecule has 0 heterocycles. The van der Waals surface area contributed by atoms with Gasteiger partial charge < -0.3 is 0 Å². The minimum atomic E-state index is -0.634. The van der Waals surface area contributed by atoms with Crippen LogP contribution in [0, 0.1) is 29.6 Å². The zero-order valence-corrected chi connectivity index (χ0v) is 6.78. The quantitative estimate of drug-likeness (QED) is 0.625. The number of hydrogen-bond acceptors (Lipinski definition) is 2. The summed E-state index contributed by atoms with van der Waals surface area (Å²) in [5.41, 5.74) is 1.85. The van der Waals surface area contributed by atoms with Crippen molar-refractivity contribution in [2.24, 2.45) is 0 Å². The highest BCUT2D eigenvalue weighted by molar-refractivity contribution is 5.33. The van der Waals surface area contributed by atoms with Crippen LogP contribution in [0.3, 0.4) is 0 Å². The normalized spacial score (nSPS) is 9.00. The Labute approximate surface area is 71.7 Å². The number of nitriles is 2. The molecule has 0 atom stereocenters. The molecule has 0 aliphatic carbocycles. The molecule has 0 spiro atoms. The van der Waals surface area contributed by atoms with Crippen LogP contribution in [0.25, 0.3) is 0 Å². The summed E-state index contributed by atoms with van der Waals surface area (Å²) in [6.07, 6.45) is 0. The zero-order valence-electron chi connectivity index (χ0n) is 6.78. The molecule has 2 heteroatoms. The molecule has 0 N–H and O–H groups in total. The SMILES string of the molecule is Cc1cccc(C(C#N)C#N)c1. The van der Waals surface area contributed by atoms with Crippen LogP contribution in [0.5, 0.6) is 0 Å². The lowest BCUT2D eigenvalue weighted by molar-refractivity contribution is 1.10. The Balaban J connectivity index is 3.06. The van der Waals surface area contributed by atoms with E-state index in [9.17, 15) is 0 Å². The van der Waals surface area contributed by atoms with Gasteiger partial charge in [0.2, 0.25) is 0 Å². The maximum absolute atomic E-state index is 8.60. The molecule has 12 heavy (non-hydrogen) atoms. The van der Waals surface area contributed by atoms with Gasteiger partial charge in [0.25, 0.3) is 0 Å². The highest BCUT2D eigenvalue weighted by Crippen LogP contribution is 2.14. The Bertz CT molecular complexity index is 341. The van der Waals surface area contributed by atoms with Crippen molar-refractivity contribution in [2.45, 2.75) is 12.8 Å². The van der Waals surface area contributed by atoms with Gasteiger partial charge in [0.05, 0.1) is 12.1 Å². The van der Waals surface area contributed by atoms with Crippen molar-refractivity contribution in [1.82, 2.24) is 0 Å². The molecule has 0 aromatic heterocycles. The molecule has 0 aliphatic rings. The third-order valence-corrected chi connectivity index (χ3v) is 1.63. The number of hydrogen-bond donors (Lipinski definition) is 0. The lowest BCUT2D eigenvalue weighted by Gasteiger charge is -2.00. The highest BCUT2D eigenvalue weighted by Gasteiger charge is 2.07. The van der Waals surface area contributed by atoms with E-state index in [1.165, 1.54) is 0 Å². The largest absolute Gasteiger partial charge is 0.196 e. The van der Waals surface area contributed by atoms with E-state index in [0.717, 1.165) is 11.1 Å². The molecule has 0 bridgehead atoms. The number of nitrogens with zero attached hydrogens (tertiary/aromatic N) is 2. The Morgan fingerprint density at radius 2 is 1.92 bits per heavy atom. The second-order valence-electron chi connectivity index (χ2n) is 2.61. The molecule has 1 aromatic carbocycles. The van der Waals surface area contributed by atoms with Gasteiger partial charge in [-0.1, -0.05) is 29.8 Å². The van der Waals surface area contributed by atoms with Crippen LogP contribution in [0.2, 0.25) is 0 Å². The first-order chi connectivity index (χ1) is 5.77. The molecule has 0 fully saturated rings. The minimum absolute atomic E-state index is 0.634. The standard InChI is InChI=1S/C10H8N2/c1-8-3-2-4-9(5-8)10(6-11)7-12/h2-5,10H,1H3. The van der Waals surface area contributed by atoms with Crippen LogP contribution < -0.4 is 0 Å². The average molecular weight is 156 g/mol. The van der Waals surface area contributed by atoms with Gasteiger partial charge in [-0.2, -0.15) is 10.5 Å². The highest BCUT2D eigenvalue weighted by atomic mass is 14.3. The smallest absolute Gasteiger partial charge is 0.158 e. The second kappa shape index (κ2) is 3.55. The van der Waals surface area contributed by atoms with Crippen LogP contribution >= 0.6 is 0 Å². The molecule has 2 nitrogen and oxygen atoms in total. The van der Waals surface area contributed by atoms with Crippen molar-refractivity contribution >= 4 is 0 Å². The lowest BCUT2D eigenvalue weighted by Crippen LogP contribution is -1.91. The molecular formula is C10H8N2. The van der Waals surface area contributed by atoms with E-state index in [-0.39, 0.29) is 0 Å². The summed E-state index contributed by atoms with van der Waals surface area (Å²) >= 11 is 0. The first kappa shape index (κ1) is 8.30. The van der Waals surface area contributed by atoms with E-state index in [1.807, 2.05) is 37.3 Å². The topological polar surface area (TPSA) is 47.6 Å². The minimum Gasteiger partial charge on any atom is -0.196 e. The molecule has 0 radical (unpaired) electrons. The van der Waals surface area contributed by atoms with Crippen LogP contribution in [-0.4, -0.2) is 0 Å². The van der Waals surface area contributed by atoms with Gasteiger partial charge in [-0.3, -0.25) is 0 Å². The summed E-state index contributed by atoms with van der Waals surface area (Å²) in [6, 6.07) is 11.3. The van der Waals surface area contributed by atoms with Crippen molar-refractivity contribution in [2.75, 3.05) is 0 Å². The predicted octanol–water partition coefficient (Wildman–Crippen LogP) is 2.13. The molecule has 1 rings (SSSR count). The molecule has 0 saturated heterocycles. The molecular weight excluding hydrogens is 148 g/mol. The van der Waals surface area contributed by atoms with E-state index in [0.29, 0.717) is 0 Å². The Morgan fingerprint density at radius 3 is 2.42 bits per heavy atom. The first-order valence-electron chi connectivity index (χ1n) is 3.63. The van der Waals surface area contributed by atoms with Crippen LogP contribution in [0.4, 0.5) is 0 Å². The summed E-state index contributed by atoms with van der Waals surface area (Å²) in [5, 5.41) is 17.2. The van der Waals surface area contributed by atoms with E-state index in [4.69, 9.17) is 10.5 Å². The molecule has 0 amide bonds. The van der Waals surface area contributed by atoms with E-state index < -0.39 is 5.92 Å². The molecule has 1 aromatic rings. The summed E-state index contributed by atoms with van der Waals surface area (Å²) < 4.78 is 0. The van der Waals surface area contributed by atoms with Crippen LogP contribution in [0.1, 0.15) is 17.0 Å². The van der Waals surface area contributed by atoms with Gasteiger partial charge in [-0.05, 0) is 12.5 Å². The number of aryl methyl sites for hydroxylation is 1. The summed E-state index contributed by atoms with van der Waals surface area (Å²) in [5.74, 6) is -0.634. The fourth-order valence-corrected chi connectivity index (χ4v) is 1.03. The van der Waals surface area contributed by atoms with Gasteiger partial charge in [0.1, 0.15) is 0 Å². The zero-order chi connectivity index (χ0) is 8.97.